The van der Waals surface area contributed by atoms with Crippen molar-refractivity contribution in [1.82, 2.24) is 14.3 Å². The first kappa shape index (κ1) is 22.4. The molecule has 2 aromatic heterocycles. The average molecular weight is 468 g/mol. The zero-order valence-electron chi connectivity index (χ0n) is 19.1. The fourth-order valence-corrected chi connectivity index (χ4v) is 4.43. The molecule has 0 unspecified atom stereocenters. The van der Waals surface area contributed by atoms with E-state index in [1.165, 1.54) is 0 Å². The molecule has 0 atom stereocenters. The van der Waals surface area contributed by atoms with E-state index in [9.17, 15) is 9.59 Å². The van der Waals surface area contributed by atoms with Crippen molar-refractivity contribution in [2.24, 2.45) is 0 Å². The van der Waals surface area contributed by atoms with Gasteiger partial charge < -0.3 is 14.4 Å². The Kier molecular flexibility index (Phi) is 6.30. The van der Waals surface area contributed by atoms with Crippen LogP contribution in [0.5, 0.6) is 5.75 Å². The highest BCUT2D eigenvalue weighted by Crippen LogP contribution is 2.24. The van der Waals surface area contributed by atoms with E-state index in [-0.39, 0.29) is 11.8 Å². The molecule has 0 amide bonds. The Balaban J connectivity index is 1.44. The molecule has 0 bridgehead atoms. The van der Waals surface area contributed by atoms with Crippen LogP contribution in [-0.2, 0) is 24.3 Å². The van der Waals surface area contributed by atoms with Crippen LogP contribution in [0.4, 0.5) is 0 Å². The van der Waals surface area contributed by atoms with Gasteiger partial charge in [-0.3, -0.25) is 14.3 Å². The molecule has 7 nitrogen and oxygen atoms in total. The van der Waals surface area contributed by atoms with Crippen molar-refractivity contribution in [2.45, 2.75) is 25.9 Å². The lowest BCUT2D eigenvalue weighted by Crippen LogP contribution is -2.15. The highest BCUT2D eigenvalue weighted by Gasteiger charge is 2.12. The van der Waals surface area contributed by atoms with E-state index >= 15 is 0 Å². The van der Waals surface area contributed by atoms with Crippen molar-refractivity contribution >= 4 is 27.8 Å². The summed E-state index contributed by atoms with van der Waals surface area (Å²) in [6.07, 6.45) is 4.05. The number of aromatic nitrogens is 3. The van der Waals surface area contributed by atoms with Crippen molar-refractivity contribution in [1.29, 1.82) is 0 Å². The van der Waals surface area contributed by atoms with Gasteiger partial charge in [0.2, 0.25) is 0 Å². The number of carboxylic acid groups (broad SMARTS) is 1. The highest BCUT2D eigenvalue weighted by molar-refractivity contribution is 5.93. The first-order valence-corrected chi connectivity index (χ1v) is 11.5. The van der Waals surface area contributed by atoms with Crippen molar-refractivity contribution in [3.63, 3.8) is 0 Å². The van der Waals surface area contributed by atoms with Gasteiger partial charge in [-0.1, -0.05) is 36.4 Å². The number of nitrogens with zero attached hydrogens (tertiary/aromatic N) is 3. The highest BCUT2D eigenvalue weighted by atomic mass is 16.5. The van der Waals surface area contributed by atoms with Crippen LogP contribution in [0.3, 0.4) is 0 Å². The fourth-order valence-electron chi connectivity index (χ4n) is 4.43. The second-order valence-corrected chi connectivity index (χ2v) is 8.40. The molecular formula is C28H25N3O4. The lowest BCUT2D eigenvalue weighted by Gasteiger charge is -2.17. The molecule has 5 aromatic rings. The van der Waals surface area contributed by atoms with Crippen LogP contribution in [-0.4, -0.2) is 32.0 Å². The smallest absolute Gasteiger partial charge is 0.303 e. The number of fused-ring (bicyclic) bond motifs is 2. The summed E-state index contributed by atoms with van der Waals surface area (Å²) in [6.45, 7) is 1.49. The molecule has 3 aromatic carbocycles. The van der Waals surface area contributed by atoms with Gasteiger partial charge in [0.05, 0.1) is 24.1 Å². The molecule has 0 saturated carbocycles. The van der Waals surface area contributed by atoms with Crippen LogP contribution in [0.2, 0.25) is 0 Å². The third-order valence-electron chi connectivity index (χ3n) is 6.09. The molecule has 176 valence electrons. The number of aliphatic carboxylic acids is 1. The average Bonchev–Trinajstić information content (AvgIpc) is 3.38. The van der Waals surface area contributed by atoms with Crippen LogP contribution < -0.4 is 10.2 Å². The number of hydrogen-bond donors (Lipinski definition) is 1. The second kappa shape index (κ2) is 9.85. The molecule has 5 rings (SSSR count). The van der Waals surface area contributed by atoms with Crippen LogP contribution in [0.15, 0.2) is 90.0 Å². The number of pyridine rings is 1. The van der Waals surface area contributed by atoms with Gasteiger partial charge in [-0.2, -0.15) is 5.10 Å². The summed E-state index contributed by atoms with van der Waals surface area (Å²) in [4.78, 5) is 24.1. The number of ether oxygens (including phenoxy) is 1. The predicted octanol–water partition coefficient (Wildman–Crippen LogP) is 4.50. The molecule has 2 heterocycles. The van der Waals surface area contributed by atoms with Crippen LogP contribution in [0.25, 0.3) is 21.8 Å². The number of carbonyl (C=O) groups is 1. The summed E-state index contributed by atoms with van der Waals surface area (Å²) in [7, 11) is 0. The fraction of sp³-hybridized carbons (Fsp3) is 0.179. The summed E-state index contributed by atoms with van der Waals surface area (Å²) in [5, 5.41) is 14.8. The monoisotopic (exact) mass is 467 g/mol. The minimum absolute atomic E-state index is 0.0237. The number of benzene rings is 3. The van der Waals surface area contributed by atoms with Gasteiger partial charge in [-0.15, -0.1) is 0 Å². The Bertz CT molecular complexity index is 1490. The van der Waals surface area contributed by atoms with E-state index in [0.717, 1.165) is 22.2 Å². The van der Waals surface area contributed by atoms with Crippen molar-refractivity contribution in [3.05, 3.63) is 107 Å². The molecule has 0 spiro atoms. The lowest BCUT2D eigenvalue weighted by molar-refractivity contribution is -0.136. The van der Waals surface area contributed by atoms with E-state index in [1.807, 2.05) is 83.7 Å². The molecular weight excluding hydrogens is 442 g/mol. The SMILES string of the molecule is O=C(O)CCc1ccc(Cn2cccn2)cc1OCCn1c2ccccc2c(=O)c2ccccc21. The molecule has 0 aliphatic carbocycles. The van der Waals surface area contributed by atoms with Crippen molar-refractivity contribution < 1.29 is 14.6 Å². The van der Waals surface area contributed by atoms with Crippen molar-refractivity contribution in [3.8, 4) is 5.75 Å². The molecule has 1 N–H and O–H groups in total. The molecule has 0 radical (unpaired) electrons. The van der Waals surface area contributed by atoms with Gasteiger partial charge in [0.25, 0.3) is 0 Å². The van der Waals surface area contributed by atoms with Crippen LogP contribution >= 0.6 is 0 Å². The van der Waals surface area contributed by atoms with Crippen LogP contribution in [0.1, 0.15) is 17.5 Å². The number of hydrogen-bond acceptors (Lipinski definition) is 4. The number of carboxylic acids is 1. The van der Waals surface area contributed by atoms with E-state index in [4.69, 9.17) is 9.84 Å². The summed E-state index contributed by atoms with van der Waals surface area (Å²) < 4.78 is 10.2. The molecule has 0 fully saturated rings. The molecule has 7 heteroatoms. The zero-order valence-corrected chi connectivity index (χ0v) is 19.1. The maximum Gasteiger partial charge on any atom is 0.303 e. The molecule has 35 heavy (non-hydrogen) atoms. The van der Waals surface area contributed by atoms with Gasteiger partial charge in [0.15, 0.2) is 5.43 Å². The Morgan fingerprint density at radius 3 is 2.31 bits per heavy atom. The molecule has 0 aliphatic rings. The Morgan fingerprint density at radius 2 is 1.66 bits per heavy atom. The van der Waals surface area contributed by atoms with Crippen LogP contribution in [0, 0.1) is 0 Å². The minimum Gasteiger partial charge on any atom is -0.491 e. The van der Waals surface area contributed by atoms with E-state index in [2.05, 4.69) is 9.67 Å². The summed E-state index contributed by atoms with van der Waals surface area (Å²) in [5.74, 6) is -0.173. The Morgan fingerprint density at radius 1 is 0.943 bits per heavy atom. The quantitative estimate of drug-likeness (QED) is 0.323. The Hall–Kier alpha value is -4.39. The van der Waals surface area contributed by atoms with Gasteiger partial charge in [-0.25, -0.2) is 0 Å². The van der Waals surface area contributed by atoms with E-state index in [0.29, 0.717) is 42.6 Å². The molecule has 0 saturated heterocycles. The third-order valence-corrected chi connectivity index (χ3v) is 6.09. The van der Waals surface area contributed by atoms with Gasteiger partial charge in [-0.05, 0) is 53.9 Å². The maximum atomic E-state index is 13.0. The predicted molar refractivity (Wildman–Crippen MR) is 135 cm³/mol. The third kappa shape index (κ3) is 4.80. The topological polar surface area (TPSA) is 86.3 Å². The van der Waals surface area contributed by atoms with E-state index < -0.39 is 5.97 Å². The van der Waals surface area contributed by atoms with Gasteiger partial charge in [0.1, 0.15) is 12.4 Å². The van der Waals surface area contributed by atoms with Gasteiger partial charge >= 0.3 is 5.97 Å². The first-order chi connectivity index (χ1) is 17.1. The second-order valence-electron chi connectivity index (χ2n) is 8.40. The molecule has 0 aliphatic heterocycles. The summed E-state index contributed by atoms with van der Waals surface area (Å²) >= 11 is 0. The van der Waals surface area contributed by atoms with Gasteiger partial charge in [0, 0.05) is 29.6 Å². The lowest BCUT2D eigenvalue weighted by atomic mass is 10.1. The van der Waals surface area contributed by atoms with Crippen molar-refractivity contribution in [2.75, 3.05) is 6.61 Å². The largest absolute Gasteiger partial charge is 0.491 e. The number of para-hydroxylation sites is 2. The number of aryl methyl sites for hydroxylation is 1. The first-order valence-electron chi connectivity index (χ1n) is 11.5. The zero-order chi connectivity index (χ0) is 24.2. The summed E-state index contributed by atoms with van der Waals surface area (Å²) in [5.41, 5.74) is 3.61. The van der Waals surface area contributed by atoms with E-state index in [1.54, 1.807) is 6.20 Å². The minimum atomic E-state index is -0.845. The number of rotatable bonds is 9. The maximum absolute atomic E-state index is 13.0. The Labute approximate surface area is 201 Å². The summed E-state index contributed by atoms with van der Waals surface area (Å²) in [6, 6.07) is 23.0. The normalized spacial score (nSPS) is 11.2. The standard InChI is InChI=1S/C28H25N3O4/c32-27(33)13-12-21-11-10-20(19-30-15-5-14-29-30)18-26(21)35-17-16-31-24-8-3-1-6-22(24)28(34)23-7-2-4-9-25(23)31/h1-11,14-15,18H,12-13,16-17,19H2,(H,32,33).